The van der Waals surface area contributed by atoms with Gasteiger partial charge in [0.2, 0.25) is 5.91 Å². The van der Waals surface area contributed by atoms with Gasteiger partial charge in [-0.2, -0.15) is 0 Å². The van der Waals surface area contributed by atoms with Crippen molar-refractivity contribution in [1.29, 1.82) is 0 Å². The number of hydrogen-bond acceptors (Lipinski definition) is 3. The van der Waals surface area contributed by atoms with Crippen molar-refractivity contribution in [3.05, 3.63) is 70.2 Å². The van der Waals surface area contributed by atoms with E-state index in [2.05, 4.69) is 35.4 Å². The molecule has 0 radical (unpaired) electrons. The van der Waals surface area contributed by atoms with E-state index in [9.17, 15) is 9.59 Å². The second-order valence-electron chi connectivity index (χ2n) is 6.49. The fourth-order valence-electron chi connectivity index (χ4n) is 2.88. The third-order valence-electron chi connectivity index (χ3n) is 4.64. The number of rotatable bonds is 10. The Morgan fingerprint density at radius 2 is 1.57 bits per heavy atom. The fourth-order valence-corrected chi connectivity index (χ4v) is 3.11. The molecule has 2 aromatic rings. The molecule has 0 saturated heterocycles. The smallest absolute Gasteiger partial charge is 0.252 e. The number of halogens is 1. The second-order valence-corrected chi connectivity index (χ2v) is 6.90. The standard InChI is InChI=1S/C22H28ClN3O2/c1-3-26(4-2)16-18-10-6-5-9-17(18)15-25-21(27)13-14-24-22(28)19-11-7-8-12-20(19)23/h5-12H,3-4,13-16H2,1-2H3,(H,24,28)(H,25,27). The zero-order valence-electron chi connectivity index (χ0n) is 16.5. The summed E-state index contributed by atoms with van der Waals surface area (Å²) in [5.41, 5.74) is 2.75. The molecule has 2 rings (SSSR count). The van der Waals surface area contributed by atoms with Gasteiger partial charge in [0.25, 0.3) is 5.91 Å². The minimum Gasteiger partial charge on any atom is -0.352 e. The van der Waals surface area contributed by atoms with Crippen molar-refractivity contribution in [3.63, 3.8) is 0 Å². The molecule has 0 aliphatic rings. The van der Waals surface area contributed by atoms with Gasteiger partial charge in [-0.3, -0.25) is 14.5 Å². The quantitative estimate of drug-likeness (QED) is 0.639. The summed E-state index contributed by atoms with van der Waals surface area (Å²) in [4.78, 5) is 26.6. The summed E-state index contributed by atoms with van der Waals surface area (Å²) in [6.07, 6.45) is 0.217. The van der Waals surface area contributed by atoms with E-state index in [1.807, 2.05) is 18.2 Å². The van der Waals surface area contributed by atoms with Crippen molar-refractivity contribution in [3.8, 4) is 0 Å². The van der Waals surface area contributed by atoms with E-state index < -0.39 is 0 Å². The maximum atomic E-state index is 12.1. The van der Waals surface area contributed by atoms with E-state index in [1.54, 1.807) is 24.3 Å². The van der Waals surface area contributed by atoms with Crippen molar-refractivity contribution >= 4 is 23.4 Å². The van der Waals surface area contributed by atoms with Gasteiger partial charge in [-0.15, -0.1) is 0 Å². The van der Waals surface area contributed by atoms with E-state index in [-0.39, 0.29) is 24.8 Å². The summed E-state index contributed by atoms with van der Waals surface area (Å²) in [5.74, 6) is -0.375. The second kappa shape index (κ2) is 11.5. The predicted octanol–water partition coefficient (Wildman–Crippen LogP) is 3.62. The maximum absolute atomic E-state index is 12.1. The molecule has 0 unspecified atom stereocenters. The number of nitrogens with one attached hydrogen (secondary N) is 2. The Kier molecular flexibility index (Phi) is 8.98. The summed E-state index contributed by atoms with van der Waals surface area (Å²) in [6, 6.07) is 15.0. The molecular weight excluding hydrogens is 374 g/mol. The lowest BCUT2D eigenvalue weighted by Gasteiger charge is -2.20. The van der Waals surface area contributed by atoms with Gasteiger partial charge < -0.3 is 10.6 Å². The lowest BCUT2D eigenvalue weighted by atomic mass is 10.1. The highest BCUT2D eigenvalue weighted by Gasteiger charge is 2.11. The van der Waals surface area contributed by atoms with Gasteiger partial charge in [-0.25, -0.2) is 0 Å². The van der Waals surface area contributed by atoms with Crippen LogP contribution in [-0.2, 0) is 17.9 Å². The summed E-state index contributed by atoms with van der Waals surface area (Å²) in [5, 5.41) is 6.07. The molecule has 0 aliphatic carbocycles. The lowest BCUT2D eigenvalue weighted by molar-refractivity contribution is -0.121. The highest BCUT2D eigenvalue weighted by molar-refractivity contribution is 6.33. The van der Waals surface area contributed by atoms with Crippen molar-refractivity contribution in [2.45, 2.75) is 33.4 Å². The van der Waals surface area contributed by atoms with Crippen LogP contribution in [0.25, 0.3) is 0 Å². The van der Waals surface area contributed by atoms with Crippen LogP contribution in [0.1, 0.15) is 41.8 Å². The first-order valence-electron chi connectivity index (χ1n) is 9.63. The molecule has 6 heteroatoms. The minimum absolute atomic E-state index is 0.0999. The van der Waals surface area contributed by atoms with Gasteiger partial charge >= 0.3 is 0 Å². The highest BCUT2D eigenvalue weighted by atomic mass is 35.5. The van der Waals surface area contributed by atoms with Crippen molar-refractivity contribution in [2.75, 3.05) is 19.6 Å². The number of amides is 2. The Labute approximate surface area is 172 Å². The molecule has 2 amide bonds. The average Bonchev–Trinajstić information content (AvgIpc) is 2.71. The molecule has 2 N–H and O–H groups in total. The number of nitrogens with zero attached hydrogens (tertiary/aromatic N) is 1. The highest BCUT2D eigenvalue weighted by Crippen LogP contribution is 2.14. The Morgan fingerprint density at radius 3 is 2.25 bits per heavy atom. The average molecular weight is 402 g/mol. The fraction of sp³-hybridized carbons (Fsp3) is 0.364. The summed E-state index contributed by atoms with van der Waals surface area (Å²) >= 11 is 6.01. The first-order chi connectivity index (χ1) is 13.5. The van der Waals surface area contributed by atoms with Crippen LogP contribution in [0.5, 0.6) is 0 Å². The van der Waals surface area contributed by atoms with E-state index in [1.165, 1.54) is 5.56 Å². The van der Waals surface area contributed by atoms with Crippen LogP contribution in [0, 0.1) is 0 Å². The van der Waals surface area contributed by atoms with Crippen molar-refractivity contribution in [2.24, 2.45) is 0 Å². The molecule has 0 atom stereocenters. The third kappa shape index (κ3) is 6.66. The van der Waals surface area contributed by atoms with Crippen molar-refractivity contribution in [1.82, 2.24) is 15.5 Å². The monoisotopic (exact) mass is 401 g/mol. The minimum atomic E-state index is -0.275. The molecule has 0 saturated carbocycles. The van der Waals surface area contributed by atoms with Gasteiger partial charge in [-0.1, -0.05) is 61.8 Å². The first-order valence-corrected chi connectivity index (χ1v) is 10.0. The number of benzene rings is 2. The van der Waals surface area contributed by atoms with Gasteiger partial charge in [0.05, 0.1) is 10.6 Å². The van der Waals surface area contributed by atoms with Crippen LogP contribution in [0.4, 0.5) is 0 Å². The molecular formula is C22H28ClN3O2. The van der Waals surface area contributed by atoms with Crippen molar-refractivity contribution < 1.29 is 9.59 Å². The first kappa shape index (κ1) is 21.9. The molecule has 0 aromatic heterocycles. The normalized spacial score (nSPS) is 10.7. The SMILES string of the molecule is CCN(CC)Cc1ccccc1CNC(=O)CCNC(=O)c1ccccc1Cl. The summed E-state index contributed by atoms with van der Waals surface area (Å²) in [6.45, 7) is 7.87. The summed E-state index contributed by atoms with van der Waals surface area (Å²) in [7, 11) is 0. The van der Waals surface area contributed by atoms with Crippen LogP contribution in [0.3, 0.4) is 0 Å². The number of carbonyl (C=O) groups excluding carboxylic acids is 2. The van der Waals surface area contributed by atoms with E-state index >= 15 is 0 Å². The van der Waals surface area contributed by atoms with Crippen LogP contribution in [0.2, 0.25) is 5.02 Å². The Morgan fingerprint density at radius 1 is 0.929 bits per heavy atom. The number of hydrogen-bond donors (Lipinski definition) is 2. The Hall–Kier alpha value is -2.37. The summed E-state index contributed by atoms with van der Waals surface area (Å²) < 4.78 is 0. The van der Waals surface area contributed by atoms with Crippen LogP contribution >= 0.6 is 11.6 Å². The van der Waals surface area contributed by atoms with Gasteiger partial charge in [0.15, 0.2) is 0 Å². The molecule has 0 fully saturated rings. The molecule has 28 heavy (non-hydrogen) atoms. The molecule has 0 aliphatic heterocycles. The van der Waals surface area contributed by atoms with Crippen LogP contribution in [-0.4, -0.2) is 36.3 Å². The number of carbonyl (C=O) groups is 2. The molecule has 0 heterocycles. The van der Waals surface area contributed by atoms with Gasteiger partial charge in [0, 0.05) is 26.1 Å². The van der Waals surface area contributed by atoms with E-state index in [0.29, 0.717) is 17.1 Å². The molecule has 0 spiro atoms. The third-order valence-corrected chi connectivity index (χ3v) is 4.97. The van der Waals surface area contributed by atoms with E-state index in [0.717, 1.165) is 25.2 Å². The van der Waals surface area contributed by atoms with Crippen LogP contribution in [0.15, 0.2) is 48.5 Å². The zero-order valence-corrected chi connectivity index (χ0v) is 17.3. The molecule has 150 valence electrons. The van der Waals surface area contributed by atoms with E-state index in [4.69, 9.17) is 11.6 Å². The Bertz CT molecular complexity index is 791. The Balaban J connectivity index is 1.80. The largest absolute Gasteiger partial charge is 0.352 e. The van der Waals surface area contributed by atoms with Crippen LogP contribution < -0.4 is 10.6 Å². The lowest BCUT2D eigenvalue weighted by Crippen LogP contribution is -2.31. The molecule has 5 nitrogen and oxygen atoms in total. The molecule has 0 bridgehead atoms. The van der Waals surface area contributed by atoms with Gasteiger partial charge in [0.1, 0.15) is 0 Å². The zero-order chi connectivity index (χ0) is 20.4. The predicted molar refractivity (Wildman–Crippen MR) is 113 cm³/mol. The van der Waals surface area contributed by atoms with Gasteiger partial charge in [-0.05, 0) is 36.3 Å². The maximum Gasteiger partial charge on any atom is 0.252 e. The molecule has 2 aromatic carbocycles. The topological polar surface area (TPSA) is 61.4 Å².